The first-order chi connectivity index (χ1) is 16.3. The minimum Gasteiger partial charge on any atom is -0.393 e. The van der Waals surface area contributed by atoms with Gasteiger partial charge in [-0.3, -0.25) is 0 Å². The smallest absolute Gasteiger partial charge is 0.0568 e. The summed E-state index contributed by atoms with van der Waals surface area (Å²) in [6.45, 7) is 16.6. The predicted molar refractivity (Wildman–Crippen MR) is 153 cm³/mol. The molecule has 1 fully saturated rings. The van der Waals surface area contributed by atoms with Gasteiger partial charge in [0, 0.05) is 0 Å². The molecule has 1 aliphatic carbocycles. The molecule has 0 saturated heterocycles. The zero-order valence-electron chi connectivity index (χ0n) is 24.8. The summed E-state index contributed by atoms with van der Waals surface area (Å²) in [4.78, 5) is 0. The SMILES string of the molecule is CCCCC(CCC)CC[C@@H](CCC(C)C)CC[C@@H](C)C1CCC(C(O)CCCC(C)C)CC1. The molecule has 0 spiro atoms. The van der Waals surface area contributed by atoms with Crippen molar-refractivity contribution in [2.75, 3.05) is 0 Å². The number of hydrogen-bond donors (Lipinski definition) is 1. The third-order valence-electron chi connectivity index (χ3n) is 9.28. The van der Waals surface area contributed by atoms with E-state index in [-0.39, 0.29) is 6.10 Å². The Morgan fingerprint density at radius 1 is 0.529 bits per heavy atom. The zero-order valence-corrected chi connectivity index (χ0v) is 24.8. The Morgan fingerprint density at radius 3 is 1.62 bits per heavy atom. The van der Waals surface area contributed by atoms with Gasteiger partial charge in [0.25, 0.3) is 0 Å². The van der Waals surface area contributed by atoms with Crippen molar-refractivity contribution >= 4 is 0 Å². The summed E-state index contributed by atoms with van der Waals surface area (Å²) < 4.78 is 0. The normalized spacial score (nSPS) is 22.8. The van der Waals surface area contributed by atoms with Gasteiger partial charge in [0.2, 0.25) is 0 Å². The van der Waals surface area contributed by atoms with Crippen molar-refractivity contribution in [3.63, 3.8) is 0 Å². The van der Waals surface area contributed by atoms with E-state index in [9.17, 15) is 5.11 Å². The van der Waals surface area contributed by atoms with Crippen molar-refractivity contribution in [3.8, 4) is 0 Å². The van der Waals surface area contributed by atoms with Crippen LogP contribution in [0.3, 0.4) is 0 Å². The highest BCUT2D eigenvalue weighted by Gasteiger charge is 2.29. The quantitative estimate of drug-likeness (QED) is 0.184. The number of unbranched alkanes of at least 4 members (excludes halogenated alkanes) is 1. The van der Waals surface area contributed by atoms with Gasteiger partial charge in [-0.2, -0.15) is 0 Å². The average molecular weight is 479 g/mol. The maximum absolute atomic E-state index is 10.7. The van der Waals surface area contributed by atoms with Crippen LogP contribution in [0.1, 0.15) is 164 Å². The fourth-order valence-electron chi connectivity index (χ4n) is 6.61. The first-order valence-corrected chi connectivity index (χ1v) is 15.9. The Kier molecular flexibility index (Phi) is 18.0. The van der Waals surface area contributed by atoms with Crippen LogP contribution in [-0.2, 0) is 0 Å². The summed E-state index contributed by atoms with van der Waals surface area (Å²) >= 11 is 0. The Labute approximate surface area is 216 Å². The van der Waals surface area contributed by atoms with Crippen LogP contribution < -0.4 is 0 Å². The molecule has 1 rings (SSSR count). The van der Waals surface area contributed by atoms with Gasteiger partial charge >= 0.3 is 0 Å². The summed E-state index contributed by atoms with van der Waals surface area (Å²) in [7, 11) is 0. The standard InChI is InChI=1S/C33H66O/c1-8-10-14-29(12-9-2)20-21-30(18-16-27(5)6)19-17-28(7)31-22-24-32(25-23-31)33(34)15-11-13-26(3)4/h26-34H,8-25H2,1-7H3/t28-,29?,30+,31?,32?,33?/m1/s1. The number of rotatable bonds is 20. The molecule has 0 aromatic carbocycles. The van der Waals surface area contributed by atoms with Crippen molar-refractivity contribution in [1.82, 2.24) is 0 Å². The van der Waals surface area contributed by atoms with E-state index in [0.29, 0.717) is 5.92 Å². The molecule has 4 atom stereocenters. The van der Waals surface area contributed by atoms with E-state index < -0.39 is 0 Å². The third-order valence-corrected chi connectivity index (χ3v) is 9.28. The Bertz CT molecular complexity index is 447. The second-order valence-corrected chi connectivity index (χ2v) is 13.3. The van der Waals surface area contributed by atoms with Gasteiger partial charge in [-0.05, 0) is 73.5 Å². The molecular weight excluding hydrogens is 412 g/mol. The number of aliphatic hydroxyl groups is 1. The topological polar surface area (TPSA) is 20.2 Å². The highest BCUT2D eigenvalue weighted by molar-refractivity contribution is 4.80. The molecule has 204 valence electrons. The van der Waals surface area contributed by atoms with E-state index in [1.54, 1.807) is 0 Å². The second-order valence-electron chi connectivity index (χ2n) is 13.3. The fraction of sp³-hybridized carbons (Fsp3) is 1.00. The lowest BCUT2D eigenvalue weighted by atomic mass is 9.72. The minimum absolute atomic E-state index is 0.0424. The predicted octanol–water partition coefficient (Wildman–Crippen LogP) is 10.8. The van der Waals surface area contributed by atoms with E-state index in [1.807, 2.05) is 0 Å². The van der Waals surface area contributed by atoms with E-state index >= 15 is 0 Å². The van der Waals surface area contributed by atoms with Crippen molar-refractivity contribution in [1.29, 1.82) is 0 Å². The lowest BCUT2D eigenvalue weighted by Crippen LogP contribution is -2.28. The van der Waals surface area contributed by atoms with Gasteiger partial charge in [0.05, 0.1) is 6.10 Å². The van der Waals surface area contributed by atoms with Gasteiger partial charge in [-0.15, -0.1) is 0 Å². The van der Waals surface area contributed by atoms with Gasteiger partial charge in [0.1, 0.15) is 0 Å². The molecule has 0 amide bonds. The highest BCUT2D eigenvalue weighted by atomic mass is 16.3. The largest absolute Gasteiger partial charge is 0.393 e. The molecule has 1 N–H and O–H groups in total. The highest BCUT2D eigenvalue weighted by Crippen LogP contribution is 2.38. The van der Waals surface area contributed by atoms with Gasteiger partial charge in [-0.1, -0.05) is 132 Å². The zero-order chi connectivity index (χ0) is 25.3. The van der Waals surface area contributed by atoms with Crippen LogP contribution in [0, 0.1) is 41.4 Å². The maximum atomic E-state index is 10.7. The lowest BCUT2D eigenvalue weighted by molar-refractivity contribution is 0.0557. The summed E-state index contributed by atoms with van der Waals surface area (Å²) in [5, 5.41) is 10.7. The summed E-state index contributed by atoms with van der Waals surface area (Å²) in [6, 6.07) is 0. The molecule has 1 aliphatic rings. The van der Waals surface area contributed by atoms with Gasteiger partial charge in [0.15, 0.2) is 0 Å². The van der Waals surface area contributed by atoms with E-state index in [4.69, 9.17) is 0 Å². The molecule has 0 radical (unpaired) electrons. The molecule has 34 heavy (non-hydrogen) atoms. The molecule has 0 aromatic rings. The molecule has 2 unspecified atom stereocenters. The summed E-state index contributed by atoms with van der Waals surface area (Å²) in [5.41, 5.74) is 0. The number of hydrogen-bond acceptors (Lipinski definition) is 1. The van der Waals surface area contributed by atoms with E-state index in [2.05, 4.69) is 48.5 Å². The second kappa shape index (κ2) is 19.1. The van der Waals surface area contributed by atoms with Crippen molar-refractivity contribution in [3.05, 3.63) is 0 Å². The molecule has 1 nitrogen and oxygen atoms in total. The van der Waals surface area contributed by atoms with Crippen LogP contribution in [0.2, 0.25) is 0 Å². The molecule has 0 aliphatic heterocycles. The van der Waals surface area contributed by atoms with Crippen LogP contribution in [0.5, 0.6) is 0 Å². The molecule has 1 heteroatoms. The van der Waals surface area contributed by atoms with Crippen LogP contribution in [-0.4, -0.2) is 11.2 Å². The minimum atomic E-state index is -0.0424. The molecule has 0 aromatic heterocycles. The third kappa shape index (κ3) is 14.5. The van der Waals surface area contributed by atoms with Crippen molar-refractivity contribution < 1.29 is 5.11 Å². The van der Waals surface area contributed by atoms with Crippen LogP contribution in [0.25, 0.3) is 0 Å². The first kappa shape index (κ1) is 32.0. The first-order valence-electron chi connectivity index (χ1n) is 15.9. The Balaban J connectivity index is 2.43. The Hall–Kier alpha value is -0.0400. The molecule has 1 saturated carbocycles. The van der Waals surface area contributed by atoms with Crippen LogP contribution >= 0.6 is 0 Å². The summed E-state index contributed by atoms with van der Waals surface area (Å²) in [6.07, 6.45) is 24.4. The molecule has 0 bridgehead atoms. The van der Waals surface area contributed by atoms with E-state index in [0.717, 1.165) is 41.9 Å². The maximum Gasteiger partial charge on any atom is 0.0568 e. The Morgan fingerprint density at radius 2 is 1.06 bits per heavy atom. The fourth-order valence-corrected chi connectivity index (χ4v) is 6.61. The lowest BCUT2D eigenvalue weighted by Gasteiger charge is -2.35. The van der Waals surface area contributed by atoms with Crippen molar-refractivity contribution in [2.45, 2.75) is 170 Å². The van der Waals surface area contributed by atoms with Crippen LogP contribution in [0.15, 0.2) is 0 Å². The molecule has 0 heterocycles. The monoisotopic (exact) mass is 479 g/mol. The average Bonchev–Trinajstić information content (AvgIpc) is 2.81. The van der Waals surface area contributed by atoms with Crippen molar-refractivity contribution in [2.24, 2.45) is 41.4 Å². The summed E-state index contributed by atoms with van der Waals surface area (Å²) in [5.74, 6) is 5.88. The van der Waals surface area contributed by atoms with Gasteiger partial charge < -0.3 is 5.11 Å². The van der Waals surface area contributed by atoms with Gasteiger partial charge in [-0.25, -0.2) is 0 Å². The van der Waals surface area contributed by atoms with Crippen LogP contribution in [0.4, 0.5) is 0 Å². The number of aliphatic hydroxyl groups excluding tert-OH is 1. The molecular formula is C33H66O. The van der Waals surface area contributed by atoms with E-state index in [1.165, 1.54) is 109 Å².